The molecule has 1 aromatic heterocycles. The Hall–Kier alpha value is -3.75. The van der Waals surface area contributed by atoms with Crippen molar-refractivity contribution >= 4 is 17.3 Å². The van der Waals surface area contributed by atoms with Crippen molar-refractivity contribution < 1.29 is 27.7 Å². The first-order valence-corrected chi connectivity index (χ1v) is 7.58. The van der Waals surface area contributed by atoms with Crippen LogP contribution in [-0.2, 0) is 0 Å². The summed E-state index contributed by atoms with van der Waals surface area (Å²) in [5.41, 5.74) is -0.345. The summed E-state index contributed by atoms with van der Waals surface area (Å²) < 4.78 is 36.9. The number of nitrogens with zero attached hydrogens (tertiary/aromatic N) is 1. The van der Waals surface area contributed by atoms with E-state index in [4.69, 9.17) is 9.15 Å². The lowest BCUT2D eigenvalue weighted by atomic mass is 10.1. The lowest BCUT2D eigenvalue weighted by molar-refractivity contribution is -0.384. The fraction of sp³-hybridized carbons (Fsp3) is 0.0556. The number of rotatable bonds is 5. The van der Waals surface area contributed by atoms with Gasteiger partial charge in [0, 0.05) is 6.07 Å². The number of carbonyl (C=O) groups is 1. The van der Waals surface area contributed by atoms with Gasteiger partial charge in [0.25, 0.3) is 11.6 Å². The van der Waals surface area contributed by atoms with Gasteiger partial charge in [0.2, 0.25) is 0 Å². The second-order valence-corrected chi connectivity index (χ2v) is 5.38. The Labute approximate surface area is 151 Å². The van der Waals surface area contributed by atoms with Crippen LogP contribution in [0.4, 0.5) is 20.2 Å². The first kappa shape index (κ1) is 18.1. The molecule has 7 nitrogen and oxygen atoms in total. The molecular formula is C18H12F2N2O5. The number of halogens is 2. The third-order valence-electron chi connectivity index (χ3n) is 3.68. The summed E-state index contributed by atoms with van der Waals surface area (Å²) >= 11 is 0. The predicted molar refractivity (Wildman–Crippen MR) is 91.7 cm³/mol. The molecule has 3 rings (SSSR count). The summed E-state index contributed by atoms with van der Waals surface area (Å²) in [6.45, 7) is 0. The highest BCUT2D eigenvalue weighted by Gasteiger charge is 2.21. The van der Waals surface area contributed by atoms with Gasteiger partial charge in [-0.2, -0.15) is 0 Å². The smallest absolute Gasteiger partial charge is 0.291 e. The van der Waals surface area contributed by atoms with Gasteiger partial charge in [0.15, 0.2) is 5.76 Å². The highest BCUT2D eigenvalue weighted by molar-refractivity contribution is 6.02. The number of nitro groups is 1. The highest BCUT2D eigenvalue weighted by Crippen LogP contribution is 2.34. The Balaban J connectivity index is 1.88. The molecule has 0 saturated heterocycles. The lowest BCUT2D eigenvalue weighted by Gasteiger charge is -2.05. The molecule has 1 heterocycles. The normalized spacial score (nSPS) is 10.5. The number of amides is 1. The number of methoxy groups -OCH3 is 1. The molecule has 0 aliphatic carbocycles. The fourth-order valence-corrected chi connectivity index (χ4v) is 2.38. The minimum absolute atomic E-state index is 0.0779. The average Bonchev–Trinajstić information content (AvgIpc) is 3.13. The minimum Gasteiger partial charge on any atom is -0.497 e. The van der Waals surface area contributed by atoms with Gasteiger partial charge in [0.05, 0.1) is 29.4 Å². The largest absolute Gasteiger partial charge is 0.497 e. The maximum absolute atomic E-state index is 13.6. The van der Waals surface area contributed by atoms with Gasteiger partial charge in [0.1, 0.15) is 23.1 Å². The van der Waals surface area contributed by atoms with Crippen LogP contribution in [0.15, 0.2) is 52.9 Å². The number of furan rings is 1. The summed E-state index contributed by atoms with van der Waals surface area (Å²) in [6.07, 6.45) is 0. The van der Waals surface area contributed by atoms with E-state index in [0.717, 1.165) is 12.1 Å². The number of nitrogens with one attached hydrogen (secondary N) is 1. The second-order valence-electron chi connectivity index (χ2n) is 5.38. The van der Waals surface area contributed by atoms with Gasteiger partial charge in [-0.1, -0.05) is 0 Å². The molecule has 3 aromatic rings. The molecule has 0 bridgehead atoms. The molecule has 0 unspecified atom stereocenters. The number of benzene rings is 2. The molecule has 0 radical (unpaired) electrons. The average molecular weight is 374 g/mol. The lowest BCUT2D eigenvalue weighted by Crippen LogP contribution is -2.12. The van der Waals surface area contributed by atoms with Crippen LogP contribution in [0.3, 0.4) is 0 Å². The Morgan fingerprint density at radius 2 is 1.93 bits per heavy atom. The zero-order valence-electron chi connectivity index (χ0n) is 13.9. The van der Waals surface area contributed by atoms with Gasteiger partial charge in [-0.05, 0) is 36.4 Å². The third-order valence-corrected chi connectivity index (χ3v) is 3.68. The summed E-state index contributed by atoms with van der Waals surface area (Å²) in [6, 6.07) is 9.53. The van der Waals surface area contributed by atoms with Crippen LogP contribution < -0.4 is 10.1 Å². The van der Waals surface area contributed by atoms with E-state index in [0.29, 0.717) is 11.8 Å². The Kier molecular flexibility index (Phi) is 4.84. The molecule has 27 heavy (non-hydrogen) atoms. The van der Waals surface area contributed by atoms with Crippen LogP contribution in [-0.4, -0.2) is 17.9 Å². The van der Waals surface area contributed by atoms with Crippen LogP contribution in [0.1, 0.15) is 10.6 Å². The fourth-order valence-electron chi connectivity index (χ4n) is 2.38. The molecule has 1 amide bonds. The summed E-state index contributed by atoms with van der Waals surface area (Å²) in [5.74, 6) is -2.34. The number of hydrogen-bond donors (Lipinski definition) is 1. The van der Waals surface area contributed by atoms with E-state index < -0.39 is 22.5 Å². The predicted octanol–water partition coefficient (Wildman–Crippen LogP) is 4.39. The molecule has 0 spiro atoms. The molecule has 0 aliphatic rings. The number of anilines is 1. The summed E-state index contributed by atoms with van der Waals surface area (Å²) in [5, 5.41) is 13.5. The number of ether oxygens (including phenoxy) is 1. The van der Waals surface area contributed by atoms with Crippen molar-refractivity contribution in [3.8, 4) is 17.1 Å². The Morgan fingerprint density at radius 1 is 1.15 bits per heavy atom. The molecule has 0 aliphatic heterocycles. The summed E-state index contributed by atoms with van der Waals surface area (Å²) in [4.78, 5) is 22.9. The van der Waals surface area contributed by atoms with E-state index in [1.54, 1.807) is 0 Å². The van der Waals surface area contributed by atoms with Crippen LogP contribution >= 0.6 is 0 Å². The van der Waals surface area contributed by atoms with E-state index in [9.17, 15) is 23.7 Å². The maximum Gasteiger partial charge on any atom is 0.291 e. The zero-order chi connectivity index (χ0) is 19.6. The second kappa shape index (κ2) is 7.24. The highest BCUT2D eigenvalue weighted by atomic mass is 19.1. The van der Waals surface area contributed by atoms with E-state index in [2.05, 4.69) is 5.32 Å². The van der Waals surface area contributed by atoms with E-state index in [-0.39, 0.29) is 28.5 Å². The van der Waals surface area contributed by atoms with Crippen LogP contribution in [0.5, 0.6) is 5.75 Å². The monoisotopic (exact) mass is 374 g/mol. The van der Waals surface area contributed by atoms with Crippen molar-refractivity contribution in [2.75, 3.05) is 12.4 Å². The van der Waals surface area contributed by atoms with E-state index >= 15 is 0 Å². The number of hydrogen-bond acceptors (Lipinski definition) is 5. The van der Waals surface area contributed by atoms with Crippen molar-refractivity contribution in [1.82, 2.24) is 0 Å². The molecule has 9 heteroatoms. The number of carbonyl (C=O) groups excluding carboxylic acids is 1. The molecule has 138 valence electrons. The zero-order valence-corrected chi connectivity index (χ0v) is 13.9. The van der Waals surface area contributed by atoms with Gasteiger partial charge < -0.3 is 14.5 Å². The van der Waals surface area contributed by atoms with E-state index in [1.807, 2.05) is 0 Å². The Morgan fingerprint density at radius 3 is 2.59 bits per heavy atom. The van der Waals surface area contributed by atoms with Gasteiger partial charge in [-0.25, -0.2) is 8.78 Å². The SMILES string of the molecule is COc1ccc(-c2ccc(C(=O)Nc3ccc(F)cc3F)o2)c([N+](=O)[O-])c1. The quantitative estimate of drug-likeness (QED) is 0.528. The van der Waals surface area contributed by atoms with Gasteiger partial charge in [-0.15, -0.1) is 0 Å². The van der Waals surface area contributed by atoms with Gasteiger partial charge >= 0.3 is 0 Å². The first-order valence-electron chi connectivity index (χ1n) is 7.58. The van der Waals surface area contributed by atoms with Crippen molar-refractivity contribution in [1.29, 1.82) is 0 Å². The Bertz CT molecular complexity index is 1030. The molecule has 1 N–H and O–H groups in total. The first-order chi connectivity index (χ1) is 12.9. The van der Waals surface area contributed by atoms with Crippen LogP contribution in [0, 0.1) is 21.7 Å². The third kappa shape index (κ3) is 3.76. The van der Waals surface area contributed by atoms with Gasteiger partial charge in [-0.3, -0.25) is 14.9 Å². The standard InChI is InChI=1S/C18H12F2N2O5/c1-26-11-3-4-12(15(9-11)22(24)25)16-6-7-17(27-16)18(23)21-14-5-2-10(19)8-13(14)20/h2-9H,1H3,(H,21,23). The molecular weight excluding hydrogens is 362 g/mol. The van der Waals surface area contributed by atoms with Crippen LogP contribution in [0.2, 0.25) is 0 Å². The molecule has 0 atom stereocenters. The van der Waals surface area contributed by atoms with Crippen molar-refractivity contribution in [2.45, 2.75) is 0 Å². The number of nitro benzene ring substituents is 1. The summed E-state index contributed by atoms with van der Waals surface area (Å²) in [7, 11) is 1.38. The maximum atomic E-state index is 13.6. The topological polar surface area (TPSA) is 94.6 Å². The van der Waals surface area contributed by atoms with Crippen molar-refractivity contribution in [2.24, 2.45) is 0 Å². The van der Waals surface area contributed by atoms with Crippen molar-refractivity contribution in [3.63, 3.8) is 0 Å². The van der Waals surface area contributed by atoms with E-state index in [1.165, 1.54) is 37.4 Å². The van der Waals surface area contributed by atoms with Crippen LogP contribution in [0.25, 0.3) is 11.3 Å². The molecule has 2 aromatic carbocycles. The molecule has 0 saturated carbocycles. The molecule has 0 fully saturated rings. The minimum atomic E-state index is -0.944. The van der Waals surface area contributed by atoms with Crippen molar-refractivity contribution in [3.05, 3.63) is 76.0 Å².